The predicted octanol–water partition coefficient (Wildman–Crippen LogP) is 13.8. The molecule has 0 N–H and O–H groups in total. The van der Waals surface area contributed by atoms with Gasteiger partial charge in [-0.2, -0.15) is 0 Å². The van der Waals surface area contributed by atoms with Crippen molar-refractivity contribution in [2.24, 2.45) is 20.5 Å². The van der Waals surface area contributed by atoms with Crippen LogP contribution in [0.5, 0.6) is 0 Å². The van der Waals surface area contributed by atoms with Crippen LogP contribution in [0.4, 0.5) is 58.1 Å². The molecule has 8 nitrogen and oxygen atoms in total. The smallest absolute Gasteiger partial charge is 0.207 e. The van der Waals surface area contributed by atoms with Crippen LogP contribution in [0.1, 0.15) is 33.4 Å². The number of rotatable bonds is 6. The molecule has 0 aliphatic heterocycles. The predicted molar refractivity (Wildman–Crippen MR) is 211 cm³/mol. The molecule has 0 unspecified atom stereocenters. The van der Waals surface area contributed by atoms with E-state index in [2.05, 4.69) is 30.7 Å². The molecule has 0 spiro atoms. The maximum atomic E-state index is 14.6. The molecule has 0 saturated heterocycles. The highest BCUT2D eigenvalue weighted by Gasteiger charge is 2.29. The van der Waals surface area contributed by atoms with Gasteiger partial charge < -0.3 is 0 Å². The van der Waals surface area contributed by atoms with E-state index in [-0.39, 0.29) is 11.6 Å². The second kappa shape index (κ2) is 16.3. The minimum absolute atomic E-state index is 0.330. The van der Waals surface area contributed by atoms with Crippen molar-refractivity contribution >= 4 is 44.8 Å². The number of nitrogens with zero attached hydrogens (tertiary/aromatic N) is 8. The van der Waals surface area contributed by atoms with Gasteiger partial charge >= 0.3 is 0 Å². The van der Waals surface area contributed by atoms with Crippen LogP contribution < -0.4 is 0 Å². The lowest BCUT2D eigenvalue weighted by atomic mass is 10.1. The number of benzene rings is 6. The average Bonchev–Trinajstić information content (AvgIpc) is 3.80. The maximum Gasteiger partial charge on any atom is 0.207 e. The van der Waals surface area contributed by atoms with Gasteiger partial charge in [-0.25, -0.2) is 44.5 Å². The maximum absolute atomic E-state index is 14.6. The first-order valence-electron chi connectivity index (χ1n) is 18.2. The highest BCUT2D eigenvalue weighted by molar-refractivity contribution is 5.92. The van der Waals surface area contributed by atoms with Gasteiger partial charge in [-0.3, -0.25) is 0 Å². The molecular weight excluding hydrogens is 793 g/mol. The lowest BCUT2D eigenvalue weighted by molar-refractivity contribution is 0.417. The van der Waals surface area contributed by atoms with Crippen molar-refractivity contribution in [3.05, 3.63) is 165 Å². The molecule has 0 atom stereocenters. The summed E-state index contributed by atoms with van der Waals surface area (Å²) >= 11 is 0. The molecule has 0 amide bonds. The van der Waals surface area contributed by atoms with Crippen molar-refractivity contribution in [1.82, 2.24) is 19.6 Å². The van der Waals surface area contributed by atoms with Crippen LogP contribution in [0.2, 0.25) is 0 Å². The van der Waals surface area contributed by atoms with E-state index in [4.69, 9.17) is 0 Å². The molecule has 8 rings (SSSR count). The Bertz CT molecular complexity index is 2780. The van der Waals surface area contributed by atoms with Gasteiger partial charge in [-0.15, -0.1) is 30.7 Å². The number of halogens is 8. The molecule has 6 aromatic carbocycles. The third-order valence-corrected chi connectivity index (χ3v) is 9.51. The zero-order valence-corrected chi connectivity index (χ0v) is 32.7. The largest absolute Gasteiger partial charge is 0.228 e. The standard InChI is InChI=1S/2C22H16F4N4/c2*1-11-9-12(2)20(13(3)10-11)27-28-22-15-16(23)17(24)18(25)19(26)21(15)30(29-22)14-7-5-4-6-8-14/h2*4-10H,1-3H3. The van der Waals surface area contributed by atoms with Crippen molar-refractivity contribution in [2.45, 2.75) is 41.5 Å². The van der Waals surface area contributed by atoms with Crippen LogP contribution in [-0.2, 0) is 0 Å². The highest BCUT2D eigenvalue weighted by Crippen LogP contribution is 2.38. The summed E-state index contributed by atoms with van der Waals surface area (Å²) in [4.78, 5) is 0. The summed E-state index contributed by atoms with van der Waals surface area (Å²) in [5.74, 6) is -14.6. The van der Waals surface area contributed by atoms with E-state index >= 15 is 0 Å². The van der Waals surface area contributed by atoms with Crippen LogP contribution in [-0.4, -0.2) is 19.6 Å². The van der Waals surface area contributed by atoms with E-state index in [0.717, 1.165) is 42.7 Å². The molecule has 0 radical (unpaired) electrons. The van der Waals surface area contributed by atoms with Crippen molar-refractivity contribution in [3.8, 4) is 11.4 Å². The zero-order chi connectivity index (χ0) is 43.2. The van der Waals surface area contributed by atoms with Gasteiger partial charge in [0.1, 0.15) is 11.0 Å². The molecule has 16 heteroatoms. The van der Waals surface area contributed by atoms with Crippen LogP contribution in [0.15, 0.2) is 105 Å². The van der Waals surface area contributed by atoms with Crippen molar-refractivity contribution in [2.75, 3.05) is 0 Å². The first kappa shape index (κ1) is 41.1. The van der Waals surface area contributed by atoms with Crippen LogP contribution in [0.25, 0.3) is 33.2 Å². The zero-order valence-electron chi connectivity index (χ0n) is 32.7. The van der Waals surface area contributed by atoms with E-state index in [1.165, 1.54) is 0 Å². The summed E-state index contributed by atoms with van der Waals surface area (Å²) < 4.78 is 116. The van der Waals surface area contributed by atoms with Crippen molar-refractivity contribution in [1.29, 1.82) is 0 Å². The Labute approximate surface area is 337 Å². The summed E-state index contributed by atoms with van der Waals surface area (Å²) in [6, 6.07) is 23.9. The quantitative estimate of drug-likeness (QED) is 0.0724. The van der Waals surface area contributed by atoms with E-state index in [1.807, 2.05) is 65.8 Å². The van der Waals surface area contributed by atoms with E-state index in [0.29, 0.717) is 22.7 Å². The molecule has 0 aliphatic carbocycles. The van der Waals surface area contributed by atoms with Crippen molar-refractivity contribution in [3.63, 3.8) is 0 Å². The van der Waals surface area contributed by atoms with Gasteiger partial charge in [0, 0.05) is 0 Å². The number of fused-ring (bicyclic) bond motifs is 2. The summed E-state index contributed by atoms with van der Waals surface area (Å²) in [5, 5.41) is 23.3. The molecule has 2 heterocycles. The molecule has 0 aliphatic rings. The van der Waals surface area contributed by atoms with Crippen LogP contribution in [0, 0.1) is 88.1 Å². The van der Waals surface area contributed by atoms with Gasteiger partial charge in [0.25, 0.3) is 0 Å². The third kappa shape index (κ3) is 7.40. The molecule has 2 aromatic heterocycles. The average molecular weight is 825 g/mol. The fourth-order valence-corrected chi connectivity index (χ4v) is 6.94. The van der Waals surface area contributed by atoms with Crippen molar-refractivity contribution < 1.29 is 35.1 Å². The number of azo groups is 2. The second-order valence-electron chi connectivity index (χ2n) is 14.0. The first-order chi connectivity index (χ1) is 28.6. The first-order valence-corrected chi connectivity index (χ1v) is 18.2. The fourth-order valence-electron chi connectivity index (χ4n) is 6.94. The topological polar surface area (TPSA) is 85.1 Å². The summed E-state index contributed by atoms with van der Waals surface area (Å²) in [6.45, 7) is 11.2. The third-order valence-electron chi connectivity index (χ3n) is 9.51. The minimum atomic E-state index is -1.92. The molecule has 0 bridgehead atoms. The molecular formula is C44H32F8N8. The lowest BCUT2D eigenvalue weighted by Crippen LogP contribution is -2.02. The Kier molecular flexibility index (Phi) is 11.1. The van der Waals surface area contributed by atoms with Gasteiger partial charge in [-0.05, 0) is 88.1 Å². The second-order valence-corrected chi connectivity index (χ2v) is 14.0. The molecule has 8 aromatic rings. The number of hydrogen-bond acceptors (Lipinski definition) is 6. The van der Waals surface area contributed by atoms with E-state index < -0.39 is 68.3 Å². The molecule has 304 valence electrons. The van der Waals surface area contributed by atoms with Gasteiger partial charge in [-0.1, -0.05) is 71.8 Å². The van der Waals surface area contributed by atoms with E-state index in [9.17, 15) is 35.1 Å². The number of para-hydroxylation sites is 2. The monoisotopic (exact) mass is 824 g/mol. The molecule has 60 heavy (non-hydrogen) atoms. The number of hydrogen-bond donors (Lipinski definition) is 0. The van der Waals surface area contributed by atoms with Crippen LogP contribution >= 0.6 is 0 Å². The normalized spacial score (nSPS) is 11.7. The Morgan fingerprint density at radius 3 is 1.00 bits per heavy atom. The lowest BCUT2D eigenvalue weighted by Gasteiger charge is -2.05. The van der Waals surface area contributed by atoms with Gasteiger partial charge in [0.2, 0.25) is 11.6 Å². The number of aromatic nitrogens is 4. The van der Waals surface area contributed by atoms with E-state index in [1.54, 1.807) is 60.7 Å². The molecule has 0 saturated carbocycles. The summed E-state index contributed by atoms with van der Waals surface area (Å²) in [7, 11) is 0. The Morgan fingerprint density at radius 1 is 0.383 bits per heavy atom. The summed E-state index contributed by atoms with van der Waals surface area (Å²) in [6.07, 6.45) is 0. The Hall–Kier alpha value is -7.10. The fraction of sp³-hybridized carbons (Fsp3) is 0.136. The summed E-state index contributed by atoms with van der Waals surface area (Å²) in [5.41, 5.74) is 6.00. The number of aryl methyl sites for hydroxylation is 6. The van der Waals surface area contributed by atoms with Gasteiger partial charge in [0.05, 0.1) is 33.5 Å². The highest BCUT2D eigenvalue weighted by atomic mass is 19.2. The molecule has 0 fully saturated rings. The van der Waals surface area contributed by atoms with Gasteiger partial charge in [0.15, 0.2) is 46.5 Å². The Balaban J connectivity index is 0.000000181. The Morgan fingerprint density at radius 2 is 0.683 bits per heavy atom. The SMILES string of the molecule is Cc1cc(C)c(N=Nc2nn(-c3ccccc3)c3c(F)c(F)c(F)c(F)c23)c(C)c1.Cc1cc(C)c(N=Nc2nn(-c3ccccc3)c3c(F)c(F)c(F)c(F)c23)c(C)c1. The minimum Gasteiger partial charge on any atom is -0.228 e. The van der Waals surface area contributed by atoms with Crippen LogP contribution in [0.3, 0.4) is 0 Å².